The molecular formula is C18H20ClN3O3. The van der Waals surface area contributed by atoms with E-state index in [-0.39, 0.29) is 0 Å². The lowest BCUT2D eigenvalue weighted by Crippen LogP contribution is -2.29. The van der Waals surface area contributed by atoms with Gasteiger partial charge in [-0.2, -0.15) is 5.10 Å². The van der Waals surface area contributed by atoms with Gasteiger partial charge in [-0.25, -0.2) is 4.79 Å². The van der Waals surface area contributed by atoms with Crippen LogP contribution in [0.3, 0.4) is 0 Å². The van der Waals surface area contributed by atoms with Gasteiger partial charge >= 0.3 is 5.97 Å². The number of hydrogen-bond donors (Lipinski definition) is 1. The monoisotopic (exact) mass is 361 g/mol. The highest BCUT2D eigenvalue weighted by molar-refractivity contribution is 6.30. The van der Waals surface area contributed by atoms with E-state index in [9.17, 15) is 9.59 Å². The van der Waals surface area contributed by atoms with Crippen LogP contribution in [0.25, 0.3) is 6.08 Å². The summed E-state index contributed by atoms with van der Waals surface area (Å²) in [5.41, 5.74) is 3.15. The summed E-state index contributed by atoms with van der Waals surface area (Å²) in [5.74, 6) is -1.03. The lowest BCUT2D eigenvalue weighted by molar-refractivity contribution is -0.148. The topological polar surface area (TPSA) is 73.2 Å². The molecule has 1 amide bonds. The first-order chi connectivity index (χ1) is 11.8. The van der Waals surface area contributed by atoms with E-state index in [2.05, 4.69) is 10.4 Å². The zero-order valence-corrected chi connectivity index (χ0v) is 15.3. The standard InChI is InChI=1S/C18H20ClN3O3/c1-11-16(12(2)22(4)21-11)8-9-17(23)25-13(3)18(24)20-15-7-5-6-14(19)10-15/h5-10,13H,1-4H3,(H,20,24)/b9-8+/t13-/m1/s1. The van der Waals surface area contributed by atoms with E-state index in [1.807, 2.05) is 20.9 Å². The third-order valence-corrected chi connectivity index (χ3v) is 3.94. The zero-order valence-electron chi connectivity index (χ0n) is 14.5. The minimum atomic E-state index is -0.938. The first kappa shape index (κ1) is 18.7. The fourth-order valence-electron chi connectivity index (χ4n) is 2.26. The number of aryl methyl sites for hydroxylation is 2. The molecule has 0 saturated carbocycles. The van der Waals surface area contributed by atoms with Gasteiger partial charge in [0.25, 0.3) is 5.91 Å². The number of amides is 1. The fourth-order valence-corrected chi connectivity index (χ4v) is 2.45. The number of rotatable bonds is 5. The minimum absolute atomic E-state index is 0.433. The number of ether oxygens (including phenoxy) is 1. The smallest absolute Gasteiger partial charge is 0.331 e. The second kappa shape index (κ2) is 7.98. The van der Waals surface area contributed by atoms with Crippen LogP contribution in [0.1, 0.15) is 23.9 Å². The van der Waals surface area contributed by atoms with Gasteiger partial charge < -0.3 is 10.1 Å². The molecule has 1 aromatic heterocycles. The van der Waals surface area contributed by atoms with Crippen LogP contribution < -0.4 is 5.32 Å². The average Bonchev–Trinajstić information content (AvgIpc) is 2.78. The van der Waals surface area contributed by atoms with Gasteiger partial charge in [0.1, 0.15) is 0 Å². The number of benzene rings is 1. The van der Waals surface area contributed by atoms with Crippen LogP contribution in [-0.4, -0.2) is 27.8 Å². The number of carbonyl (C=O) groups is 2. The zero-order chi connectivity index (χ0) is 18.6. The van der Waals surface area contributed by atoms with Crippen LogP contribution in [0.5, 0.6) is 0 Å². The van der Waals surface area contributed by atoms with Crippen LogP contribution >= 0.6 is 11.6 Å². The van der Waals surface area contributed by atoms with Gasteiger partial charge in [-0.05, 0) is 45.0 Å². The average molecular weight is 362 g/mol. The Morgan fingerprint density at radius 3 is 2.68 bits per heavy atom. The normalized spacial score (nSPS) is 12.2. The number of aromatic nitrogens is 2. The molecule has 0 radical (unpaired) electrons. The number of esters is 1. The summed E-state index contributed by atoms with van der Waals surface area (Å²) in [5, 5.41) is 7.42. The molecule has 2 rings (SSSR count). The van der Waals surface area contributed by atoms with Crippen LogP contribution in [0.2, 0.25) is 5.02 Å². The van der Waals surface area contributed by atoms with E-state index < -0.39 is 18.0 Å². The molecule has 0 fully saturated rings. The number of nitrogens with one attached hydrogen (secondary N) is 1. The molecule has 0 aliphatic carbocycles. The van der Waals surface area contributed by atoms with Crippen molar-refractivity contribution >= 4 is 35.2 Å². The van der Waals surface area contributed by atoms with Gasteiger partial charge in [-0.1, -0.05) is 17.7 Å². The van der Waals surface area contributed by atoms with Crippen LogP contribution in [0.15, 0.2) is 30.3 Å². The van der Waals surface area contributed by atoms with Crippen molar-refractivity contribution in [3.8, 4) is 0 Å². The Labute approximate surface area is 151 Å². The van der Waals surface area contributed by atoms with Crippen molar-refractivity contribution in [3.63, 3.8) is 0 Å². The number of carbonyl (C=O) groups excluding carboxylic acids is 2. The summed E-state index contributed by atoms with van der Waals surface area (Å²) in [7, 11) is 1.83. The summed E-state index contributed by atoms with van der Waals surface area (Å²) >= 11 is 5.87. The molecule has 0 spiro atoms. The lowest BCUT2D eigenvalue weighted by atomic mass is 10.2. The lowest BCUT2D eigenvalue weighted by Gasteiger charge is -2.12. The quantitative estimate of drug-likeness (QED) is 0.655. The first-order valence-electron chi connectivity index (χ1n) is 7.73. The predicted molar refractivity (Wildman–Crippen MR) is 97.4 cm³/mol. The highest BCUT2D eigenvalue weighted by Crippen LogP contribution is 2.16. The maximum absolute atomic E-state index is 12.1. The van der Waals surface area contributed by atoms with Crippen molar-refractivity contribution in [3.05, 3.63) is 52.3 Å². The van der Waals surface area contributed by atoms with Crippen molar-refractivity contribution in [2.75, 3.05) is 5.32 Å². The van der Waals surface area contributed by atoms with Gasteiger partial charge in [0, 0.05) is 35.1 Å². The number of anilines is 1. The summed E-state index contributed by atoms with van der Waals surface area (Å²) in [6.45, 7) is 5.28. The maximum Gasteiger partial charge on any atom is 0.331 e. The molecule has 1 aromatic carbocycles. The number of halogens is 1. The van der Waals surface area contributed by atoms with Gasteiger partial charge in [0.05, 0.1) is 5.69 Å². The Hall–Kier alpha value is -2.60. The Bertz CT molecular complexity index is 827. The van der Waals surface area contributed by atoms with E-state index in [4.69, 9.17) is 16.3 Å². The van der Waals surface area contributed by atoms with E-state index in [1.165, 1.54) is 13.0 Å². The minimum Gasteiger partial charge on any atom is -0.449 e. The first-order valence-corrected chi connectivity index (χ1v) is 8.11. The van der Waals surface area contributed by atoms with Crippen molar-refractivity contribution < 1.29 is 14.3 Å². The molecule has 132 valence electrons. The Balaban J connectivity index is 1.95. The molecule has 0 aliphatic rings. The second-order valence-corrected chi connectivity index (χ2v) is 6.06. The van der Waals surface area contributed by atoms with E-state index in [0.717, 1.165) is 17.0 Å². The highest BCUT2D eigenvalue weighted by Gasteiger charge is 2.17. The molecule has 0 aliphatic heterocycles. The van der Waals surface area contributed by atoms with Crippen molar-refractivity contribution in [1.29, 1.82) is 0 Å². The van der Waals surface area contributed by atoms with Crippen molar-refractivity contribution in [1.82, 2.24) is 9.78 Å². The van der Waals surface area contributed by atoms with Gasteiger partial charge in [-0.15, -0.1) is 0 Å². The summed E-state index contributed by atoms with van der Waals surface area (Å²) < 4.78 is 6.86. The van der Waals surface area contributed by atoms with Crippen LogP contribution in [0.4, 0.5) is 5.69 Å². The Morgan fingerprint density at radius 1 is 1.36 bits per heavy atom. The molecular weight excluding hydrogens is 342 g/mol. The molecule has 1 atom stereocenters. The van der Waals surface area contributed by atoms with Gasteiger partial charge in [0.15, 0.2) is 6.10 Å². The van der Waals surface area contributed by atoms with E-state index in [1.54, 1.807) is 35.0 Å². The number of nitrogens with zero attached hydrogens (tertiary/aromatic N) is 2. The summed E-state index contributed by atoms with van der Waals surface area (Å²) in [6, 6.07) is 6.73. The number of hydrogen-bond acceptors (Lipinski definition) is 4. The molecule has 7 heteroatoms. The third-order valence-electron chi connectivity index (χ3n) is 3.71. The Morgan fingerprint density at radius 2 is 2.08 bits per heavy atom. The van der Waals surface area contributed by atoms with Crippen molar-refractivity contribution in [2.45, 2.75) is 26.9 Å². The maximum atomic E-state index is 12.1. The molecule has 6 nitrogen and oxygen atoms in total. The molecule has 1 N–H and O–H groups in total. The van der Waals surface area contributed by atoms with Crippen LogP contribution in [0, 0.1) is 13.8 Å². The van der Waals surface area contributed by atoms with E-state index >= 15 is 0 Å². The predicted octanol–water partition coefficient (Wildman–Crippen LogP) is 3.27. The van der Waals surface area contributed by atoms with Crippen LogP contribution in [-0.2, 0) is 21.4 Å². The molecule has 1 heterocycles. The SMILES string of the molecule is Cc1nn(C)c(C)c1/C=C/C(=O)O[C@H](C)C(=O)Nc1cccc(Cl)c1. The van der Waals surface area contributed by atoms with Crippen molar-refractivity contribution in [2.24, 2.45) is 7.05 Å². The second-order valence-electron chi connectivity index (χ2n) is 5.62. The Kier molecular flexibility index (Phi) is 5.98. The molecule has 0 unspecified atom stereocenters. The summed E-state index contributed by atoms with van der Waals surface area (Å²) in [6.07, 6.45) is 1.99. The van der Waals surface area contributed by atoms with E-state index in [0.29, 0.717) is 10.7 Å². The third kappa shape index (κ3) is 4.93. The molecule has 0 saturated heterocycles. The van der Waals surface area contributed by atoms with Gasteiger partial charge in [-0.3, -0.25) is 9.48 Å². The largest absolute Gasteiger partial charge is 0.449 e. The fraction of sp³-hybridized carbons (Fsp3) is 0.278. The molecule has 2 aromatic rings. The molecule has 0 bridgehead atoms. The summed E-state index contributed by atoms with van der Waals surface area (Å²) in [4.78, 5) is 24.0. The van der Waals surface area contributed by atoms with Gasteiger partial charge in [0.2, 0.25) is 0 Å². The highest BCUT2D eigenvalue weighted by atomic mass is 35.5. The molecule has 25 heavy (non-hydrogen) atoms.